The summed E-state index contributed by atoms with van der Waals surface area (Å²) in [5.41, 5.74) is -0.369. The lowest BCUT2D eigenvalue weighted by atomic mass is 10.0. The van der Waals surface area contributed by atoms with Crippen LogP contribution in [0.15, 0.2) is 0 Å². The van der Waals surface area contributed by atoms with Crippen LogP contribution in [0.2, 0.25) is 0 Å². The molecule has 4 nitrogen and oxygen atoms in total. The maximum absolute atomic E-state index is 11.3. The predicted molar refractivity (Wildman–Crippen MR) is 55.0 cm³/mol. The number of hydrogen-bond donors (Lipinski definition) is 2. The van der Waals surface area contributed by atoms with E-state index in [0.717, 1.165) is 0 Å². The van der Waals surface area contributed by atoms with Crippen LogP contribution in [0.1, 0.15) is 34.1 Å². The van der Waals surface area contributed by atoms with E-state index in [-0.39, 0.29) is 30.8 Å². The second kappa shape index (κ2) is 5.98. The predicted octanol–water partition coefficient (Wildman–Crippen LogP) is 0.689. The summed E-state index contributed by atoms with van der Waals surface area (Å²) in [4.78, 5) is 11.3. The van der Waals surface area contributed by atoms with Crippen LogP contribution in [0.4, 0.5) is 0 Å². The number of carbonyl (C=O) groups is 1. The van der Waals surface area contributed by atoms with Gasteiger partial charge < -0.3 is 15.2 Å². The Bertz CT molecular complexity index is 178. The molecule has 0 rings (SSSR count). The minimum Gasteiger partial charge on any atom is -0.396 e. The van der Waals surface area contributed by atoms with Gasteiger partial charge in [-0.1, -0.05) is 0 Å². The first kappa shape index (κ1) is 13.4. The molecule has 2 N–H and O–H groups in total. The van der Waals surface area contributed by atoms with Crippen molar-refractivity contribution in [3.05, 3.63) is 0 Å². The van der Waals surface area contributed by atoms with Crippen molar-refractivity contribution < 1.29 is 14.6 Å². The van der Waals surface area contributed by atoms with Crippen LogP contribution < -0.4 is 5.32 Å². The van der Waals surface area contributed by atoms with Crippen molar-refractivity contribution >= 4 is 5.91 Å². The van der Waals surface area contributed by atoms with E-state index in [1.807, 2.05) is 27.7 Å². The Labute approximate surface area is 85.6 Å². The topological polar surface area (TPSA) is 58.6 Å². The molecule has 0 aliphatic rings. The highest BCUT2D eigenvalue weighted by molar-refractivity contribution is 5.77. The summed E-state index contributed by atoms with van der Waals surface area (Å²) < 4.78 is 5.15. The first-order chi connectivity index (χ1) is 6.37. The molecular formula is C10H21NO3. The van der Waals surface area contributed by atoms with E-state index in [0.29, 0.717) is 6.42 Å². The monoisotopic (exact) mass is 203 g/mol. The summed E-state index contributed by atoms with van der Waals surface area (Å²) in [6.45, 7) is 7.65. The maximum atomic E-state index is 11.3. The molecule has 0 aromatic heterocycles. The number of amides is 1. The van der Waals surface area contributed by atoms with Gasteiger partial charge in [-0.15, -0.1) is 0 Å². The zero-order valence-corrected chi connectivity index (χ0v) is 9.46. The molecule has 0 fully saturated rings. The van der Waals surface area contributed by atoms with E-state index in [4.69, 9.17) is 9.84 Å². The van der Waals surface area contributed by atoms with Gasteiger partial charge in [0.2, 0.25) is 5.91 Å². The van der Waals surface area contributed by atoms with Crippen LogP contribution in [0.5, 0.6) is 0 Å². The molecule has 84 valence electrons. The van der Waals surface area contributed by atoms with Gasteiger partial charge in [0.1, 0.15) is 6.61 Å². The molecule has 0 bridgehead atoms. The smallest absolute Gasteiger partial charge is 0.246 e. The lowest BCUT2D eigenvalue weighted by Gasteiger charge is -2.25. The third-order valence-electron chi connectivity index (χ3n) is 1.76. The summed E-state index contributed by atoms with van der Waals surface area (Å²) >= 11 is 0. The number of hydrogen-bond acceptors (Lipinski definition) is 3. The van der Waals surface area contributed by atoms with Gasteiger partial charge in [0.05, 0.1) is 6.10 Å². The molecule has 0 atom stereocenters. The van der Waals surface area contributed by atoms with E-state index in [1.165, 1.54) is 0 Å². The van der Waals surface area contributed by atoms with Crippen molar-refractivity contribution in [1.29, 1.82) is 0 Å². The van der Waals surface area contributed by atoms with Gasteiger partial charge in [0.25, 0.3) is 0 Å². The number of ether oxygens (including phenoxy) is 1. The Balaban J connectivity index is 3.81. The lowest BCUT2D eigenvalue weighted by Crippen LogP contribution is -2.45. The number of carbonyl (C=O) groups excluding carboxylic acids is 1. The molecule has 0 aliphatic carbocycles. The van der Waals surface area contributed by atoms with Gasteiger partial charge in [-0.2, -0.15) is 0 Å². The molecular weight excluding hydrogens is 182 g/mol. The molecule has 0 radical (unpaired) electrons. The number of rotatable bonds is 6. The number of aliphatic hydroxyl groups is 1. The van der Waals surface area contributed by atoms with Crippen molar-refractivity contribution in [2.45, 2.75) is 45.8 Å². The van der Waals surface area contributed by atoms with Gasteiger partial charge >= 0.3 is 0 Å². The van der Waals surface area contributed by atoms with Crippen LogP contribution >= 0.6 is 0 Å². The zero-order valence-electron chi connectivity index (χ0n) is 9.46. The van der Waals surface area contributed by atoms with Gasteiger partial charge in [-0.25, -0.2) is 0 Å². The second-order valence-electron chi connectivity index (χ2n) is 4.27. The van der Waals surface area contributed by atoms with Crippen molar-refractivity contribution in [3.63, 3.8) is 0 Å². The summed E-state index contributed by atoms with van der Waals surface area (Å²) in [6, 6.07) is 0. The Morgan fingerprint density at radius 3 is 2.50 bits per heavy atom. The van der Waals surface area contributed by atoms with E-state index < -0.39 is 0 Å². The molecule has 0 aliphatic heterocycles. The quantitative estimate of drug-likeness (QED) is 0.667. The normalized spacial score (nSPS) is 11.9. The first-order valence-corrected chi connectivity index (χ1v) is 4.91. The van der Waals surface area contributed by atoms with Gasteiger partial charge in [0.15, 0.2) is 0 Å². The average Bonchev–Trinajstić information content (AvgIpc) is 1.99. The number of aliphatic hydroxyl groups excluding tert-OH is 1. The molecule has 0 unspecified atom stereocenters. The standard InChI is InChI=1S/C10H21NO3/c1-8(2)14-7-9(13)11-10(3,4)5-6-12/h8,12H,5-7H2,1-4H3,(H,11,13). The molecule has 1 amide bonds. The van der Waals surface area contributed by atoms with E-state index in [2.05, 4.69) is 5.32 Å². The fourth-order valence-electron chi connectivity index (χ4n) is 0.998. The van der Waals surface area contributed by atoms with Gasteiger partial charge in [-0.3, -0.25) is 4.79 Å². The van der Waals surface area contributed by atoms with E-state index in [9.17, 15) is 4.79 Å². The first-order valence-electron chi connectivity index (χ1n) is 4.91. The summed E-state index contributed by atoms with van der Waals surface area (Å²) in [6.07, 6.45) is 0.599. The molecule has 0 saturated carbocycles. The van der Waals surface area contributed by atoms with Crippen LogP contribution in [0.3, 0.4) is 0 Å². The SMILES string of the molecule is CC(C)OCC(=O)NC(C)(C)CCO. The molecule has 0 heterocycles. The summed E-state index contributed by atoms with van der Waals surface area (Å²) in [7, 11) is 0. The fourth-order valence-corrected chi connectivity index (χ4v) is 0.998. The second-order valence-corrected chi connectivity index (χ2v) is 4.27. The van der Waals surface area contributed by atoms with E-state index >= 15 is 0 Å². The lowest BCUT2D eigenvalue weighted by molar-refractivity contribution is -0.128. The van der Waals surface area contributed by atoms with Crippen molar-refractivity contribution in [2.24, 2.45) is 0 Å². The Kier molecular flexibility index (Phi) is 5.72. The fraction of sp³-hybridized carbons (Fsp3) is 0.900. The average molecular weight is 203 g/mol. The zero-order chi connectivity index (χ0) is 11.2. The van der Waals surface area contributed by atoms with Crippen LogP contribution in [0.25, 0.3) is 0 Å². The third kappa shape index (κ3) is 6.86. The van der Waals surface area contributed by atoms with Crippen molar-refractivity contribution in [1.82, 2.24) is 5.32 Å². The minimum atomic E-state index is -0.369. The Hall–Kier alpha value is -0.610. The molecule has 0 spiro atoms. The van der Waals surface area contributed by atoms with Crippen LogP contribution in [-0.4, -0.2) is 35.9 Å². The molecule has 0 aromatic carbocycles. The van der Waals surface area contributed by atoms with Gasteiger partial charge in [0, 0.05) is 12.1 Å². The van der Waals surface area contributed by atoms with Crippen LogP contribution in [0, 0.1) is 0 Å². The largest absolute Gasteiger partial charge is 0.396 e. The van der Waals surface area contributed by atoms with E-state index in [1.54, 1.807) is 0 Å². The minimum absolute atomic E-state index is 0.0571. The molecule has 0 saturated heterocycles. The summed E-state index contributed by atoms with van der Waals surface area (Å²) in [5.74, 6) is -0.142. The Morgan fingerprint density at radius 1 is 1.50 bits per heavy atom. The Morgan fingerprint density at radius 2 is 2.07 bits per heavy atom. The highest BCUT2D eigenvalue weighted by Crippen LogP contribution is 2.06. The molecule has 4 heteroatoms. The molecule has 0 aromatic rings. The highest BCUT2D eigenvalue weighted by atomic mass is 16.5. The summed E-state index contributed by atoms with van der Waals surface area (Å²) in [5, 5.41) is 11.5. The highest BCUT2D eigenvalue weighted by Gasteiger charge is 2.19. The van der Waals surface area contributed by atoms with Crippen molar-refractivity contribution in [3.8, 4) is 0 Å². The maximum Gasteiger partial charge on any atom is 0.246 e. The third-order valence-corrected chi connectivity index (χ3v) is 1.76. The van der Waals surface area contributed by atoms with Crippen LogP contribution in [-0.2, 0) is 9.53 Å². The van der Waals surface area contributed by atoms with Gasteiger partial charge in [-0.05, 0) is 34.1 Å². The van der Waals surface area contributed by atoms with Crippen molar-refractivity contribution in [2.75, 3.05) is 13.2 Å². The molecule has 14 heavy (non-hydrogen) atoms. The number of nitrogens with one attached hydrogen (secondary N) is 1.